The van der Waals surface area contributed by atoms with Crippen LogP contribution in [0.3, 0.4) is 0 Å². The summed E-state index contributed by atoms with van der Waals surface area (Å²) in [7, 11) is 0. The molecule has 1 unspecified atom stereocenters. The number of carbonyl (C=O) groups is 1. The molecule has 3 aromatic rings. The van der Waals surface area contributed by atoms with Gasteiger partial charge in [0.15, 0.2) is 5.16 Å². The monoisotopic (exact) mass is 366 g/mol. The quantitative estimate of drug-likeness (QED) is 0.645. The summed E-state index contributed by atoms with van der Waals surface area (Å²) in [4.78, 5) is 12.7. The molecule has 0 saturated carbocycles. The van der Waals surface area contributed by atoms with Gasteiger partial charge < -0.3 is 9.88 Å². The van der Waals surface area contributed by atoms with Crippen molar-refractivity contribution in [3.05, 3.63) is 60.9 Å². The molecule has 26 heavy (non-hydrogen) atoms. The lowest BCUT2D eigenvalue weighted by Gasteiger charge is -2.16. The first-order valence-corrected chi connectivity index (χ1v) is 9.45. The molecule has 1 heterocycles. The third-order valence-electron chi connectivity index (χ3n) is 4.02. The van der Waals surface area contributed by atoms with E-state index in [1.54, 1.807) is 6.33 Å². The Morgan fingerprint density at radius 2 is 1.73 bits per heavy atom. The van der Waals surface area contributed by atoms with E-state index in [4.69, 9.17) is 0 Å². The predicted molar refractivity (Wildman–Crippen MR) is 106 cm³/mol. The third kappa shape index (κ3) is 4.14. The molecule has 0 aliphatic carbocycles. The Balaban J connectivity index is 1.75. The number of anilines is 1. The van der Waals surface area contributed by atoms with Crippen LogP contribution in [0.15, 0.2) is 66.1 Å². The lowest BCUT2D eigenvalue weighted by Crippen LogP contribution is -2.23. The van der Waals surface area contributed by atoms with Crippen LogP contribution in [-0.4, -0.2) is 25.9 Å². The van der Waals surface area contributed by atoms with Gasteiger partial charge in [0.25, 0.3) is 0 Å². The Morgan fingerprint density at radius 3 is 2.46 bits per heavy atom. The highest BCUT2D eigenvalue weighted by Gasteiger charge is 2.19. The van der Waals surface area contributed by atoms with Crippen molar-refractivity contribution in [2.45, 2.75) is 37.2 Å². The van der Waals surface area contributed by atoms with E-state index in [1.165, 1.54) is 11.8 Å². The predicted octanol–water partition coefficient (Wildman–Crippen LogP) is 4.65. The highest BCUT2D eigenvalue weighted by Crippen LogP contribution is 2.29. The summed E-state index contributed by atoms with van der Waals surface area (Å²) < 4.78 is 1.96. The molecule has 1 aromatic heterocycles. The molecule has 5 nitrogen and oxygen atoms in total. The number of amides is 1. The van der Waals surface area contributed by atoms with Crippen molar-refractivity contribution in [3.8, 4) is 11.1 Å². The third-order valence-corrected chi connectivity index (χ3v) is 5.09. The van der Waals surface area contributed by atoms with E-state index in [0.29, 0.717) is 0 Å². The summed E-state index contributed by atoms with van der Waals surface area (Å²) in [6.45, 7) is 6.01. The highest BCUT2D eigenvalue weighted by atomic mass is 32.2. The summed E-state index contributed by atoms with van der Waals surface area (Å²) in [5.41, 5.74) is 2.88. The molecular weight excluding hydrogens is 344 g/mol. The molecule has 0 radical (unpaired) electrons. The minimum absolute atomic E-state index is 0.0586. The lowest BCUT2D eigenvalue weighted by molar-refractivity contribution is -0.115. The molecular formula is C20H22N4OS. The topological polar surface area (TPSA) is 59.8 Å². The Bertz CT molecular complexity index is 876. The number of hydrogen-bond acceptors (Lipinski definition) is 4. The van der Waals surface area contributed by atoms with Gasteiger partial charge in [-0.1, -0.05) is 60.3 Å². The molecule has 0 saturated heterocycles. The Kier molecular flexibility index (Phi) is 5.73. The lowest BCUT2D eigenvalue weighted by atomic mass is 10.0. The Morgan fingerprint density at radius 1 is 1.04 bits per heavy atom. The highest BCUT2D eigenvalue weighted by molar-refractivity contribution is 8.00. The van der Waals surface area contributed by atoms with Crippen LogP contribution in [0.5, 0.6) is 0 Å². The van der Waals surface area contributed by atoms with Crippen molar-refractivity contribution in [1.29, 1.82) is 0 Å². The summed E-state index contributed by atoms with van der Waals surface area (Å²) in [5.74, 6) is -0.0586. The van der Waals surface area contributed by atoms with Crippen molar-refractivity contribution in [1.82, 2.24) is 14.8 Å². The van der Waals surface area contributed by atoms with Crippen LogP contribution >= 0.6 is 11.8 Å². The molecule has 0 bridgehead atoms. The van der Waals surface area contributed by atoms with Crippen LogP contribution in [0.1, 0.15) is 26.8 Å². The molecule has 1 atom stereocenters. The van der Waals surface area contributed by atoms with Gasteiger partial charge in [-0.15, -0.1) is 10.2 Å². The maximum Gasteiger partial charge on any atom is 0.237 e. The maximum absolute atomic E-state index is 12.7. The Labute approximate surface area is 157 Å². The molecule has 0 aliphatic rings. The molecule has 3 rings (SSSR count). The first-order valence-electron chi connectivity index (χ1n) is 8.57. The van der Waals surface area contributed by atoms with Gasteiger partial charge >= 0.3 is 0 Å². The van der Waals surface area contributed by atoms with Gasteiger partial charge in [-0.25, -0.2) is 0 Å². The molecule has 6 heteroatoms. The van der Waals surface area contributed by atoms with Gasteiger partial charge in [0, 0.05) is 17.3 Å². The molecule has 1 amide bonds. The van der Waals surface area contributed by atoms with E-state index >= 15 is 0 Å². The van der Waals surface area contributed by atoms with Crippen molar-refractivity contribution < 1.29 is 4.79 Å². The summed E-state index contributed by atoms with van der Waals surface area (Å²) >= 11 is 1.41. The second-order valence-electron chi connectivity index (χ2n) is 6.28. The van der Waals surface area contributed by atoms with E-state index < -0.39 is 0 Å². The fourth-order valence-electron chi connectivity index (χ4n) is 2.58. The second-order valence-corrected chi connectivity index (χ2v) is 7.58. The van der Waals surface area contributed by atoms with Crippen molar-refractivity contribution in [3.63, 3.8) is 0 Å². The summed E-state index contributed by atoms with van der Waals surface area (Å²) in [6, 6.07) is 18.1. The average molecular weight is 366 g/mol. The van der Waals surface area contributed by atoms with Crippen molar-refractivity contribution >= 4 is 23.4 Å². The number of para-hydroxylation sites is 1. The van der Waals surface area contributed by atoms with E-state index in [9.17, 15) is 4.79 Å². The van der Waals surface area contributed by atoms with E-state index in [2.05, 4.69) is 29.4 Å². The number of rotatable bonds is 6. The standard InChI is InChI=1S/C20H22N4OS/c1-14(2)24-13-21-23-20(24)26-15(3)19(25)22-18-12-8-7-11-17(18)16-9-5-4-6-10-16/h4-15H,1-3H3,(H,22,25). The van der Waals surface area contributed by atoms with Gasteiger partial charge in [0.1, 0.15) is 6.33 Å². The van der Waals surface area contributed by atoms with Gasteiger partial charge in [0.2, 0.25) is 5.91 Å². The number of nitrogens with one attached hydrogen (secondary N) is 1. The minimum atomic E-state index is -0.291. The normalized spacial score (nSPS) is 12.2. The number of carbonyl (C=O) groups excluding carboxylic acids is 1. The van der Waals surface area contributed by atoms with E-state index in [0.717, 1.165) is 22.0 Å². The van der Waals surface area contributed by atoms with Crippen LogP contribution in [0.4, 0.5) is 5.69 Å². The van der Waals surface area contributed by atoms with Crippen LogP contribution in [0, 0.1) is 0 Å². The zero-order valence-electron chi connectivity index (χ0n) is 15.1. The van der Waals surface area contributed by atoms with Crippen LogP contribution in [-0.2, 0) is 4.79 Å². The number of thioether (sulfide) groups is 1. The molecule has 134 valence electrons. The van der Waals surface area contributed by atoms with Gasteiger partial charge in [-0.2, -0.15) is 0 Å². The number of aromatic nitrogens is 3. The molecule has 0 fully saturated rings. The zero-order valence-corrected chi connectivity index (χ0v) is 15.9. The number of benzene rings is 2. The molecule has 0 aliphatic heterocycles. The molecule has 1 N–H and O–H groups in total. The minimum Gasteiger partial charge on any atom is -0.325 e. The SMILES string of the molecule is CC(Sc1nncn1C(C)C)C(=O)Nc1ccccc1-c1ccccc1. The molecule has 0 spiro atoms. The summed E-state index contributed by atoms with van der Waals surface area (Å²) in [6.07, 6.45) is 1.70. The van der Waals surface area contributed by atoms with Gasteiger partial charge in [-0.3, -0.25) is 4.79 Å². The van der Waals surface area contributed by atoms with Crippen molar-refractivity contribution in [2.75, 3.05) is 5.32 Å². The summed E-state index contributed by atoms with van der Waals surface area (Å²) in [5, 5.41) is 11.6. The van der Waals surface area contributed by atoms with Crippen molar-refractivity contribution in [2.24, 2.45) is 0 Å². The number of hydrogen-bond donors (Lipinski definition) is 1. The smallest absolute Gasteiger partial charge is 0.237 e. The fraction of sp³-hybridized carbons (Fsp3) is 0.250. The van der Waals surface area contributed by atoms with Crippen LogP contribution < -0.4 is 5.32 Å². The first-order chi connectivity index (χ1) is 12.6. The van der Waals surface area contributed by atoms with Crippen LogP contribution in [0.2, 0.25) is 0 Å². The second kappa shape index (κ2) is 8.19. The zero-order chi connectivity index (χ0) is 18.5. The number of nitrogens with zero attached hydrogens (tertiary/aromatic N) is 3. The first kappa shape index (κ1) is 18.2. The van der Waals surface area contributed by atoms with Gasteiger partial charge in [-0.05, 0) is 32.4 Å². The molecule has 2 aromatic carbocycles. The van der Waals surface area contributed by atoms with Gasteiger partial charge in [0.05, 0.1) is 5.25 Å². The maximum atomic E-state index is 12.7. The van der Waals surface area contributed by atoms with E-state index in [1.807, 2.05) is 66.1 Å². The Hall–Kier alpha value is -2.60. The fourth-order valence-corrected chi connectivity index (χ4v) is 3.53. The van der Waals surface area contributed by atoms with Crippen LogP contribution in [0.25, 0.3) is 11.1 Å². The van der Waals surface area contributed by atoms with E-state index in [-0.39, 0.29) is 17.2 Å². The largest absolute Gasteiger partial charge is 0.325 e. The average Bonchev–Trinajstić information content (AvgIpc) is 3.11.